The monoisotopic (exact) mass is 323 g/mol. The highest BCUT2D eigenvalue weighted by molar-refractivity contribution is 5.76. The Labute approximate surface area is 141 Å². The molecule has 1 N–H and O–H groups in total. The summed E-state index contributed by atoms with van der Waals surface area (Å²) in [7, 11) is 0. The van der Waals surface area contributed by atoms with Crippen molar-refractivity contribution >= 4 is 11.9 Å². The first-order chi connectivity index (χ1) is 10.7. The molecule has 0 aliphatic carbocycles. The van der Waals surface area contributed by atoms with Crippen molar-refractivity contribution in [3.63, 3.8) is 0 Å². The number of carbonyl (C=O) groups excluding carboxylic acids is 2. The normalized spacial score (nSPS) is 30.6. The van der Waals surface area contributed by atoms with Crippen molar-refractivity contribution in [1.82, 2.24) is 5.32 Å². The summed E-state index contributed by atoms with van der Waals surface area (Å²) in [5.41, 5.74) is -0.0745. The maximum atomic E-state index is 12.4. The third kappa shape index (κ3) is 7.67. The zero-order valence-electron chi connectivity index (χ0n) is 15.4. The van der Waals surface area contributed by atoms with Gasteiger partial charge in [0.25, 0.3) is 0 Å². The average molecular weight is 323 g/mol. The molecule has 1 aliphatic heterocycles. The number of hydrogen-bond donors (Lipinski definition) is 1. The van der Waals surface area contributed by atoms with Crippen molar-refractivity contribution < 1.29 is 14.3 Å². The minimum atomic E-state index is -0.124. The Morgan fingerprint density at radius 1 is 1.17 bits per heavy atom. The molecule has 0 aromatic heterocycles. The van der Waals surface area contributed by atoms with E-state index < -0.39 is 0 Å². The summed E-state index contributed by atoms with van der Waals surface area (Å²) in [4.78, 5) is 24.1. The summed E-state index contributed by atoms with van der Waals surface area (Å²) < 4.78 is 5.85. The number of cyclic esters (lactones) is 1. The van der Waals surface area contributed by atoms with Crippen LogP contribution in [0.15, 0.2) is 12.3 Å². The fourth-order valence-electron chi connectivity index (χ4n) is 2.70. The minimum Gasteiger partial charge on any atom is -0.462 e. The van der Waals surface area contributed by atoms with Crippen LogP contribution in [0.2, 0.25) is 0 Å². The van der Waals surface area contributed by atoms with Gasteiger partial charge in [-0.15, -0.1) is 0 Å². The molecule has 0 spiro atoms. The van der Waals surface area contributed by atoms with Gasteiger partial charge in [0.1, 0.15) is 6.10 Å². The molecule has 1 rings (SSSR count). The lowest BCUT2D eigenvalue weighted by Crippen LogP contribution is -2.35. The molecular formula is C19H33NO3. The first kappa shape index (κ1) is 19.7. The highest BCUT2D eigenvalue weighted by atomic mass is 16.5. The summed E-state index contributed by atoms with van der Waals surface area (Å²) in [5, 5.41) is 2.79. The molecule has 0 aromatic carbocycles. The zero-order chi connectivity index (χ0) is 17.5. The van der Waals surface area contributed by atoms with E-state index in [4.69, 9.17) is 4.74 Å². The highest BCUT2D eigenvalue weighted by Crippen LogP contribution is 2.30. The standard InChI is InChI=1S/C19H33NO3/c1-14-9-8-11-17(21)20-12-7-6-10-15(2)18(22)23-16(13-14)19(3,4)5/h7,12,14-16H,6,8-11,13H2,1-5H3,(H,20,21)/b12-7-/t14-,15-,16-/m1/s1. The Balaban J connectivity index is 2.80. The molecule has 0 radical (unpaired) electrons. The Bertz CT molecular complexity index is 423. The van der Waals surface area contributed by atoms with Gasteiger partial charge in [-0.1, -0.05) is 47.1 Å². The van der Waals surface area contributed by atoms with Crippen LogP contribution >= 0.6 is 0 Å². The van der Waals surface area contributed by atoms with Crippen LogP contribution in [0.1, 0.15) is 73.1 Å². The lowest BCUT2D eigenvalue weighted by Gasteiger charge is -2.33. The van der Waals surface area contributed by atoms with E-state index in [0.717, 1.165) is 32.1 Å². The Morgan fingerprint density at radius 3 is 2.52 bits per heavy atom. The maximum Gasteiger partial charge on any atom is 0.308 e. The molecule has 1 heterocycles. The second kappa shape index (κ2) is 9.09. The number of rotatable bonds is 0. The van der Waals surface area contributed by atoms with Gasteiger partial charge in [-0.2, -0.15) is 0 Å². The number of carbonyl (C=O) groups is 2. The summed E-state index contributed by atoms with van der Waals surface area (Å²) in [6, 6.07) is 0. The van der Waals surface area contributed by atoms with Gasteiger partial charge < -0.3 is 10.1 Å². The van der Waals surface area contributed by atoms with E-state index in [1.165, 1.54) is 0 Å². The fraction of sp³-hybridized carbons (Fsp3) is 0.789. The summed E-state index contributed by atoms with van der Waals surface area (Å²) in [6.45, 7) is 10.4. The van der Waals surface area contributed by atoms with Crippen molar-refractivity contribution in [2.24, 2.45) is 17.3 Å². The van der Waals surface area contributed by atoms with Gasteiger partial charge >= 0.3 is 5.97 Å². The van der Waals surface area contributed by atoms with E-state index in [-0.39, 0.29) is 29.3 Å². The Morgan fingerprint density at radius 2 is 1.87 bits per heavy atom. The molecule has 23 heavy (non-hydrogen) atoms. The molecule has 1 aliphatic rings. The van der Waals surface area contributed by atoms with Crippen molar-refractivity contribution in [1.29, 1.82) is 0 Å². The van der Waals surface area contributed by atoms with Crippen LogP contribution in [0, 0.1) is 17.3 Å². The summed E-state index contributed by atoms with van der Waals surface area (Å²) >= 11 is 0. The van der Waals surface area contributed by atoms with Crippen LogP contribution in [0.5, 0.6) is 0 Å². The first-order valence-corrected chi connectivity index (χ1v) is 8.85. The van der Waals surface area contributed by atoms with E-state index in [2.05, 4.69) is 33.0 Å². The van der Waals surface area contributed by atoms with Crippen LogP contribution in [-0.2, 0) is 14.3 Å². The number of amides is 1. The van der Waals surface area contributed by atoms with Crippen LogP contribution in [0.25, 0.3) is 0 Å². The van der Waals surface area contributed by atoms with Gasteiger partial charge in [0.2, 0.25) is 5.91 Å². The largest absolute Gasteiger partial charge is 0.462 e. The molecule has 0 unspecified atom stereocenters. The van der Waals surface area contributed by atoms with E-state index in [9.17, 15) is 9.59 Å². The topological polar surface area (TPSA) is 55.4 Å². The van der Waals surface area contributed by atoms with Crippen LogP contribution in [0.3, 0.4) is 0 Å². The van der Waals surface area contributed by atoms with Crippen LogP contribution in [-0.4, -0.2) is 18.0 Å². The molecule has 4 nitrogen and oxygen atoms in total. The van der Waals surface area contributed by atoms with Gasteiger partial charge in [-0.3, -0.25) is 9.59 Å². The molecule has 1 amide bonds. The van der Waals surface area contributed by atoms with E-state index >= 15 is 0 Å². The first-order valence-electron chi connectivity index (χ1n) is 8.85. The number of esters is 1. The second-order valence-electron chi connectivity index (χ2n) is 7.97. The van der Waals surface area contributed by atoms with Gasteiger partial charge in [-0.25, -0.2) is 0 Å². The summed E-state index contributed by atoms with van der Waals surface area (Å²) in [5.74, 6) is 0.261. The zero-order valence-corrected chi connectivity index (χ0v) is 15.4. The molecule has 0 saturated heterocycles. The highest BCUT2D eigenvalue weighted by Gasteiger charge is 2.31. The molecule has 0 aromatic rings. The number of ether oxygens (including phenoxy) is 1. The third-order valence-electron chi connectivity index (χ3n) is 4.47. The Kier molecular flexibility index (Phi) is 7.80. The lowest BCUT2D eigenvalue weighted by atomic mass is 9.82. The molecule has 4 heteroatoms. The average Bonchev–Trinajstić information content (AvgIpc) is 2.44. The fourth-order valence-corrected chi connectivity index (χ4v) is 2.70. The molecule has 0 fully saturated rings. The SMILES string of the molecule is C[C@@H]1CCCC(=O)N/C=C\CC[C@@H](C)C(=O)O[C@@H](C(C)(C)C)C1. The molecule has 0 saturated carbocycles. The van der Waals surface area contributed by atoms with Gasteiger partial charge in [0.05, 0.1) is 5.92 Å². The van der Waals surface area contributed by atoms with Gasteiger partial charge in [0, 0.05) is 6.42 Å². The third-order valence-corrected chi connectivity index (χ3v) is 4.47. The van der Waals surface area contributed by atoms with E-state index in [1.807, 2.05) is 13.0 Å². The molecule has 132 valence electrons. The minimum absolute atomic E-state index is 0.0658. The van der Waals surface area contributed by atoms with Crippen LogP contribution in [0.4, 0.5) is 0 Å². The number of allylic oxidation sites excluding steroid dienone is 1. The molecule has 0 bridgehead atoms. The number of hydrogen-bond acceptors (Lipinski definition) is 3. The van der Waals surface area contributed by atoms with Crippen molar-refractivity contribution in [3.05, 3.63) is 12.3 Å². The van der Waals surface area contributed by atoms with Gasteiger partial charge in [-0.05, 0) is 43.2 Å². The predicted molar refractivity (Wildman–Crippen MR) is 92.6 cm³/mol. The summed E-state index contributed by atoms with van der Waals surface area (Å²) in [6.07, 6.45) is 8.24. The maximum absolute atomic E-state index is 12.4. The second-order valence-corrected chi connectivity index (χ2v) is 7.97. The van der Waals surface area contributed by atoms with E-state index in [0.29, 0.717) is 12.3 Å². The van der Waals surface area contributed by atoms with Crippen LogP contribution < -0.4 is 5.32 Å². The van der Waals surface area contributed by atoms with Crippen molar-refractivity contribution in [2.45, 2.75) is 79.2 Å². The van der Waals surface area contributed by atoms with Crippen molar-refractivity contribution in [3.8, 4) is 0 Å². The lowest BCUT2D eigenvalue weighted by molar-refractivity contribution is -0.160. The molecule has 3 atom stereocenters. The van der Waals surface area contributed by atoms with E-state index in [1.54, 1.807) is 6.20 Å². The smallest absolute Gasteiger partial charge is 0.308 e. The molecular weight excluding hydrogens is 290 g/mol. The Hall–Kier alpha value is -1.32. The predicted octanol–water partition coefficient (Wildman–Crippen LogP) is 4.20. The number of nitrogens with one attached hydrogen (secondary N) is 1. The quantitative estimate of drug-likeness (QED) is 0.680. The van der Waals surface area contributed by atoms with Crippen molar-refractivity contribution in [2.75, 3.05) is 0 Å². The van der Waals surface area contributed by atoms with Gasteiger partial charge in [0.15, 0.2) is 0 Å².